The molecule has 16 heavy (non-hydrogen) atoms. The Labute approximate surface area is 100 Å². The van der Waals surface area contributed by atoms with Crippen LogP contribution in [-0.4, -0.2) is 11.9 Å². The minimum absolute atomic E-state index is 0.0726. The third-order valence-electron chi connectivity index (χ3n) is 2.37. The maximum Gasteiger partial charge on any atom is 0.237 e. The van der Waals surface area contributed by atoms with Crippen LogP contribution in [0, 0.1) is 0 Å². The Morgan fingerprint density at radius 1 is 1.75 bits per heavy atom. The smallest absolute Gasteiger partial charge is 0.237 e. The SMILES string of the molecule is C=CCC(N)C(=O)NC(CC)c1cccs1. The molecule has 2 unspecified atom stereocenters. The quantitative estimate of drug-likeness (QED) is 0.747. The normalized spacial score (nSPS) is 14.1. The number of amides is 1. The van der Waals surface area contributed by atoms with Crippen LogP contribution in [0.1, 0.15) is 30.7 Å². The van der Waals surface area contributed by atoms with E-state index in [4.69, 9.17) is 5.73 Å². The van der Waals surface area contributed by atoms with E-state index in [1.54, 1.807) is 17.4 Å². The van der Waals surface area contributed by atoms with Gasteiger partial charge in [0.05, 0.1) is 12.1 Å². The van der Waals surface area contributed by atoms with E-state index in [2.05, 4.69) is 11.9 Å². The highest BCUT2D eigenvalue weighted by Gasteiger charge is 2.17. The molecule has 3 nitrogen and oxygen atoms in total. The number of hydrogen-bond acceptors (Lipinski definition) is 3. The standard InChI is InChI=1S/C12H18N2OS/c1-3-6-9(13)12(15)14-10(4-2)11-7-5-8-16-11/h3,5,7-10H,1,4,6,13H2,2H3,(H,14,15). The van der Waals surface area contributed by atoms with Crippen LogP contribution in [0.3, 0.4) is 0 Å². The largest absolute Gasteiger partial charge is 0.347 e. The summed E-state index contributed by atoms with van der Waals surface area (Å²) in [6.07, 6.45) is 3.04. The summed E-state index contributed by atoms with van der Waals surface area (Å²) in [5.74, 6) is -0.111. The van der Waals surface area contributed by atoms with E-state index in [1.165, 1.54) is 4.88 Å². The first-order chi connectivity index (χ1) is 7.69. The van der Waals surface area contributed by atoms with E-state index in [-0.39, 0.29) is 11.9 Å². The fourth-order valence-electron chi connectivity index (χ4n) is 1.43. The molecular weight excluding hydrogens is 220 g/mol. The van der Waals surface area contributed by atoms with Gasteiger partial charge in [-0.15, -0.1) is 17.9 Å². The van der Waals surface area contributed by atoms with Crippen molar-refractivity contribution >= 4 is 17.2 Å². The lowest BCUT2D eigenvalue weighted by molar-refractivity contribution is -0.123. The van der Waals surface area contributed by atoms with Crippen molar-refractivity contribution in [2.45, 2.75) is 31.8 Å². The average Bonchev–Trinajstić information content (AvgIpc) is 2.79. The summed E-state index contributed by atoms with van der Waals surface area (Å²) in [4.78, 5) is 12.9. The Balaban J connectivity index is 2.57. The highest BCUT2D eigenvalue weighted by molar-refractivity contribution is 7.10. The van der Waals surface area contributed by atoms with Gasteiger partial charge in [0.1, 0.15) is 0 Å². The molecule has 0 aromatic carbocycles. The van der Waals surface area contributed by atoms with Crippen LogP contribution in [0.15, 0.2) is 30.2 Å². The summed E-state index contributed by atoms with van der Waals surface area (Å²) in [6, 6.07) is 3.59. The van der Waals surface area contributed by atoms with Crippen molar-refractivity contribution in [3.8, 4) is 0 Å². The first kappa shape index (κ1) is 12.9. The topological polar surface area (TPSA) is 55.1 Å². The molecule has 1 amide bonds. The van der Waals surface area contributed by atoms with E-state index in [9.17, 15) is 4.79 Å². The molecule has 0 aliphatic rings. The van der Waals surface area contributed by atoms with Crippen molar-refractivity contribution in [1.82, 2.24) is 5.32 Å². The van der Waals surface area contributed by atoms with Crippen molar-refractivity contribution in [2.75, 3.05) is 0 Å². The lowest BCUT2D eigenvalue weighted by atomic mass is 10.1. The molecule has 0 spiro atoms. The summed E-state index contributed by atoms with van der Waals surface area (Å²) in [6.45, 7) is 5.62. The zero-order valence-corrected chi connectivity index (χ0v) is 10.3. The highest BCUT2D eigenvalue weighted by atomic mass is 32.1. The second-order valence-electron chi connectivity index (χ2n) is 3.62. The van der Waals surface area contributed by atoms with Crippen LogP contribution < -0.4 is 11.1 Å². The molecule has 3 N–H and O–H groups in total. The number of nitrogens with two attached hydrogens (primary N) is 1. The lowest BCUT2D eigenvalue weighted by Gasteiger charge is -2.18. The summed E-state index contributed by atoms with van der Waals surface area (Å²) in [7, 11) is 0. The van der Waals surface area contributed by atoms with Gasteiger partial charge in [0.2, 0.25) is 5.91 Å². The van der Waals surface area contributed by atoms with Crippen LogP contribution in [-0.2, 0) is 4.79 Å². The molecule has 2 atom stereocenters. The molecule has 1 aromatic rings. The Bertz CT molecular complexity index is 335. The molecule has 1 rings (SSSR count). The van der Waals surface area contributed by atoms with Crippen LogP contribution in [0.25, 0.3) is 0 Å². The second kappa shape index (κ2) is 6.45. The predicted octanol–water partition coefficient (Wildman–Crippen LogP) is 2.22. The Hall–Kier alpha value is -1.13. The maximum atomic E-state index is 11.7. The minimum atomic E-state index is -0.494. The molecule has 0 aliphatic carbocycles. The predicted molar refractivity (Wildman–Crippen MR) is 68.3 cm³/mol. The third-order valence-corrected chi connectivity index (χ3v) is 3.35. The summed E-state index contributed by atoms with van der Waals surface area (Å²) >= 11 is 1.65. The summed E-state index contributed by atoms with van der Waals surface area (Å²) in [5, 5.41) is 4.96. The number of rotatable bonds is 6. The minimum Gasteiger partial charge on any atom is -0.347 e. The van der Waals surface area contributed by atoms with Crippen LogP contribution in [0.2, 0.25) is 0 Å². The van der Waals surface area contributed by atoms with Crippen LogP contribution >= 0.6 is 11.3 Å². The molecule has 0 fully saturated rings. The van der Waals surface area contributed by atoms with Crippen molar-refractivity contribution in [3.63, 3.8) is 0 Å². The Morgan fingerprint density at radius 3 is 3.00 bits per heavy atom. The van der Waals surface area contributed by atoms with E-state index < -0.39 is 6.04 Å². The van der Waals surface area contributed by atoms with Gasteiger partial charge in [0.25, 0.3) is 0 Å². The van der Waals surface area contributed by atoms with Gasteiger partial charge in [-0.3, -0.25) is 4.79 Å². The fourth-order valence-corrected chi connectivity index (χ4v) is 2.29. The zero-order chi connectivity index (χ0) is 12.0. The van der Waals surface area contributed by atoms with Gasteiger partial charge in [-0.25, -0.2) is 0 Å². The molecule has 0 bridgehead atoms. The number of nitrogens with one attached hydrogen (secondary N) is 1. The molecular formula is C12H18N2OS. The molecule has 1 heterocycles. The first-order valence-electron chi connectivity index (χ1n) is 5.39. The van der Waals surface area contributed by atoms with Crippen molar-refractivity contribution < 1.29 is 4.79 Å². The average molecular weight is 238 g/mol. The van der Waals surface area contributed by atoms with Gasteiger partial charge in [-0.2, -0.15) is 0 Å². The summed E-state index contributed by atoms with van der Waals surface area (Å²) < 4.78 is 0. The van der Waals surface area contributed by atoms with E-state index >= 15 is 0 Å². The van der Waals surface area contributed by atoms with Gasteiger partial charge in [0.15, 0.2) is 0 Å². The van der Waals surface area contributed by atoms with E-state index in [1.807, 2.05) is 24.4 Å². The molecule has 0 saturated carbocycles. The molecule has 88 valence electrons. The van der Waals surface area contributed by atoms with Gasteiger partial charge < -0.3 is 11.1 Å². The number of hydrogen-bond donors (Lipinski definition) is 2. The Kier molecular flexibility index (Phi) is 5.22. The van der Waals surface area contributed by atoms with Crippen LogP contribution in [0.5, 0.6) is 0 Å². The Morgan fingerprint density at radius 2 is 2.50 bits per heavy atom. The number of thiophene rings is 1. The molecule has 4 heteroatoms. The maximum absolute atomic E-state index is 11.7. The summed E-state index contributed by atoms with van der Waals surface area (Å²) in [5.41, 5.74) is 5.70. The van der Waals surface area contributed by atoms with Gasteiger partial charge >= 0.3 is 0 Å². The van der Waals surface area contributed by atoms with Gasteiger partial charge in [0, 0.05) is 4.88 Å². The van der Waals surface area contributed by atoms with E-state index in [0.717, 1.165) is 6.42 Å². The second-order valence-corrected chi connectivity index (χ2v) is 4.59. The van der Waals surface area contributed by atoms with Crippen molar-refractivity contribution in [1.29, 1.82) is 0 Å². The van der Waals surface area contributed by atoms with Crippen molar-refractivity contribution in [3.05, 3.63) is 35.0 Å². The van der Waals surface area contributed by atoms with E-state index in [0.29, 0.717) is 6.42 Å². The molecule has 0 radical (unpaired) electrons. The highest BCUT2D eigenvalue weighted by Crippen LogP contribution is 2.21. The number of carbonyl (C=O) groups is 1. The number of carbonyl (C=O) groups excluding carboxylic acids is 1. The zero-order valence-electron chi connectivity index (χ0n) is 9.48. The van der Waals surface area contributed by atoms with Crippen LogP contribution in [0.4, 0.5) is 0 Å². The monoisotopic (exact) mass is 238 g/mol. The van der Waals surface area contributed by atoms with Gasteiger partial charge in [-0.05, 0) is 24.3 Å². The fraction of sp³-hybridized carbons (Fsp3) is 0.417. The van der Waals surface area contributed by atoms with Crippen molar-refractivity contribution in [2.24, 2.45) is 5.73 Å². The molecule has 0 saturated heterocycles. The molecule has 0 aliphatic heterocycles. The third kappa shape index (κ3) is 3.47. The van der Waals surface area contributed by atoms with Gasteiger partial charge in [-0.1, -0.05) is 19.1 Å². The molecule has 1 aromatic heterocycles. The lowest BCUT2D eigenvalue weighted by Crippen LogP contribution is -2.41. The first-order valence-corrected chi connectivity index (χ1v) is 6.27.